The molecule has 2 rings (SSSR count). The Labute approximate surface area is 122 Å². The number of halogens is 2. The van der Waals surface area contributed by atoms with Gasteiger partial charge in [-0.05, 0) is 39.9 Å². The highest BCUT2D eigenvalue weighted by atomic mass is 35.5. The van der Waals surface area contributed by atoms with Crippen molar-refractivity contribution in [1.29, 1.82) is 0 Å². The summed E-state index contributed by atoms with van der Waals surface area (Å²) < 4.78 is 0. The van der Waals surface area contributed by atoms with Crippen molar-refractivity contribution in [3.05, 3.63) is 0 Å². The normalized spacial score (nSPS) is 26.1. The molecule has 0 radical (unpaired) electrons. The van der Waals surface area contributed by atoms with Gasteiger partial charge in [-0.15, -0.1) is 24.8 Å². The number of hydrogen-bond acceptors (Lipinski definition) is 3. The van der Waals surface area contributed by atoms with Crippen LogP contribution in [0.3, 0.4) is 0 Å². The minimum Gasteiger partial charge on any atom is -0.337 e. The molecule has 0 aromatic heterocycles. The standard InChI is InChI=1S/C12H23N3O.2ClH/c1-10-9-13-5-8-15(10)12(16)11-3-6-14(2)7-4-11;;/h10-11,13H,3-9H2,1-2H3;2*1H/t10-;;/m1../s1. The van der Waals surface area contributed by atoms with E-state index in [-0.39, 0.29) is 30.7 Å². The number of amides is 1. The summed E-state index contributed by atoms with van der Waals surface area (Å²) in [5.41, 5.74) is 0. The Morgan fingerprint density at radius 3 is 2.33 bits per heavy atom. The lowest BCUT2D eigenvalue weighted by atomic mass is 9.94. The summed E-state index contributed by atoms with van der Waals surface area (Å²) in [6.45, 7) is 7.04. The third kappa shape index (κ3) is 4.26. The van der Waals surface area contributed by atoms with Crippen molar-refractivity contribution >= 4 is 30.7 Å². The summed E-state index contributed by atoms with van der Waals surface area (Å²) in [5.74, 6) is 0.666. The molecule has 0 aliphatic carbocycles. The van der Waals surface area contributed by atoms with Crippen molar-refractivity contribution in [3.63, 3.8) is 0 Å². The molecule has 2 fully saturated rings. The molecule has 18 heavy (non-hydrogen) atoms. The molecule has 4 nitrogen and oxygen atoms in total. The SMILES string of the molecule is C[C@@H]1CNCCN1C(=O)C1CCN(C)CC1.Cl.Cl. The van der Waals surface area contributed by atoms with Crippen LogP contribution in [0, 0.1) is 5.92 Å². The van der Waals surface area contributed by atoms with Crippen LogP contribution in [0.25, 0.3) is 0 Å². The fraction of sp³-hybridized carbons (Fsp3) is 0.917. The largest absolute Gasteiger partial charge is 0.337 e. The van der Waals surface area contributed by atoms with Gasteiger partial charge in [0.15, 0.2) is 0 Å². The van der Waals surface area contributed by atoms with Gasteiger partial charge in [-0.1, -0.05) is 0 Å². The molecule has 2 heterocycles. The molecule has 2 saturated heterocycles. The zero-order valence-electron chi connectivity index (χ0n) is 11.2. The average Bonchev–Trinajstić information content (AvgIpc) is 2.30. The number of piperazine rings is 1. The first kappa shape index (κ1) is 18.0. The zero-order valence-corrected chi connectivity index (χ0v) is 12.9. The monoisotopic (exact) mass is 297 g/mol. The van der Waals surface area contributed by atoms with Crippen molar-refractivity contribution in [3.8, 4) is 0 Å². The van der Waals surface area contributed by atoms with E-state index < -0.39 is 0 Å². The lowest BCUT2D eigenvalue weighted by Crippen LogP contribution is -2.54. The van der Waals surface area contributed by atoms with Crippen molar-refractivity contribution in [1.82, 2.24) is 15.1 Å². The van der Waals surface area contributed by atoms with Gasteiger partial charge in [0.2, 0.25) is 5.91 Å². The molecule has 108 valence electrons. The van der Waals surface area contributed by atoms with Crippen LogP contribution in [0.1, 0.15) is 19.8 Å². The Kier molecular flexibility index (Phi) is 8.19. The highest BCUT2D eigenvalue weighted by Gasteiger charge is 2.30. The predicted molar refractivity (Wildman–Crippen MR) is 78.8 cm³/mol. The van der Waals surface area contributed by atoms with Crippen molar-refractivity contribution in [2.24, 2.45) is 5.92 Å². The summed E-state index contributed by atoms with van der Waals surface area (Å²) in [5, 5.41) is 3.33. The van der Waals surface area contributed by atoms with Crippen LogP contribution in [0.4, 0.5) is 0 Å². The second-order valence-corrected chi connectivity index (χ2v) is 5.16. The Balaban J connectivity index is 0.00000144. The molecular formula is C12H25Cl2N3O. The highest BCUT2D eigenvalue weighted by molar-refractivity contribution is 5.85. The van der Waals surface area contributed by atoms with E-state index >= 15 is 0 Å². The maximum atomic E-state index is 12.3. The van der Waals surface area contributed by atoms with E-state index in [0.29, 0.717) is 11.9 Å². The van der Waals surface area contributed by atoms with Gasteiger partial charge in [0.1, 0.15) is 0 Å². The number of likely N-dealkylation sites (tertiary alicyclic amines) is 1. The number of rotatable bonds is 1. The molecule has 0 unspecified atom stereocenters. The molecule has 1 N–H and O–H groups in total. The summed E-state index contributed by atoms with van der Waals surface area (Å²) in [7, 11) is 2.13. The number of nitrogens with zero attached hydrogens (tertiary/aromatic N) is 2. The lowest BCUT2D eigenvalue weighted by molar-refractivity contribution is -0.139. The Bertz CT molecular complexity index is 258. The maximum absolute atomic E-state index is 12.3. The number of piperidine rings is 1. The highest BCUT2D eigenvalue weighted by Crippen LogP contribution is 2.20. The van der Waals surface area contributed by atoms with Crippen LogP contribution < -0.4 is 5.32 Å². The minimum absolute atomic E-state index is 0. The van der Waals surface area contributed by atoms with Crippen LogP contribution >= 0.6 is 24.8 Å². The quantitative estimate of drug-likeness (QED) is 0.784. The lowest BCUT2D eigenvalue weighted by Gasteiger charge is -2.38. The second kappa shape index (κ2) is 8.20. The van der Waals surface area contributed by atoms with E-state index in [1.165, 1.54) is 0 Å². The van der Waals surface area contributed by atoms with Gasteiger partial charge in [-0.3, -0.25) is 4.79 Å². The van der Waals surface area contributed by atoms with E-state index in [1.807, 2.05) is 0 Å². The molecule has 0 bridgehead atoms. The summed E-state index contributed by atoms with van der Waals surface area (Å²) >= 11 is 0. The van der Waals surface area contributed by atoms with Gasteiger partial charge in [0, 0.05) is 31.6 Å². The molecule has 6 heteroatoms. The second-order valence-electron chi connectivity index (χ2n) is 5.16. The maximum Gasteiger partial charge on any atom is 0.226 e. The van der Waals surface area contributed by atoms with Gasteiger partial charge in [0.05, 0.1) is 0 Å². The Hall–Kier alpha value is -0.0300. The van der Waals surface area contributed by atoms with Crippen LogP contribution in [0.15, 0.2) is 0 Å². The van der Waals surface area contributed by atoms with Gasteiger partial charge in [-0.2, -0.15) is 0 Å². The van der Waals surface area contributed by atoms with E-state index in [9.17, 15) is 4.79 Å². The summed E-state index contributed by atoms with van der Waals surface area (Å²) in [6.07, 6.45) is 2.07. The molecule has 1 amide bonds. The molecule has 0 saturated carbocycles. The first-order valence-electron chi connectivity index (χ1n) is 6.38. The smallest absolute Gasteiger partial charge is 0.226 e. The van der Waals surface area contributed by atoms with Gasteiger partial charge in [-0.25, -0.2) is 0 Å². The Morgan fingerprint density at radius 2 is 1.78 bits per heavy atom. The van der Waals surface area contributed by atoms with Crippen molar-refractivity contribution in [2.75, 3.05) is 39.8 Å². The van der Waals surface area contributed by atoms with Gasteiger partial charge < -0.3 is 15.1 Å². The van der Waals surface area contributed by atoms with Crippen molar-refractivity contribution in [2.45, 2.75) is 25.8 Å². The fourth-order valence-electron chi connectivity index (χ4n) is 2.66. The van der Waals surface area contributed by atoms with Gasteiger partial charge in [0.25, 0.3) is 0 Å². The molecule has 0 aromatic carbocycles. The van der Waals surface area contributed by atoms with Crippen LogP contribution in [-0.2, 0) is 4.79 Å². The first-order valence-corrected chi connectivity index (χ1v) is 6.38. The molecule has 2 aliphatic heterocycles. The number of hydrogen-bond donors (Lipinski definition) is 1. The van der Waals surface area contributed by atoms with E-state index in [0.717, 1.165) is 45.6 Å². The van der Waals surface area contributed by atoms with Crippen LogP contribution in [-0.4, -0.2) is 61.5 Å². The van der Waals surface area contributed by atoms with E-state index in [2.05, 4.69) is 29.1 Å². The van der Waals surface area contributed by atoms with Crippen LogP contribution in [0.5, 0.6) is 0 Å². The topological polar surface area (TPSA) is 35.6 Å². The molecule has 2 aliphatic rings. The Morgan fingerprint density at radius 1 is 1.17 bits per heavy atom. The number of carbonyl (C=O) groups is 1. The molecule has 1 atom stereocenters. The zero-order chi connectivity index (χ0) is 11.5. The number of nitrogens with one attached hydrogen (secondary N) is 1. The fourth-order valence-corrected chi connectivity index (χ4v) is 2.66. The van der Waals surface area contributed by atoms with E-state index in [1.54, 1.807) is 0 Å². The molecule has 0 spiro atoms. The van der Waals surface area contributed by atoms with Gasteiger partial charge >= 0.3 is 0 Å². The first-order chi connectivity index (χ1) is 7.68. The molecular weight excluding hydrogens is 273 g/mol. The predicted octanol–water partition coefficient (Wildman–Crippen LogP) is 0.992. The number of carbonyl (C=O) groups excluding carboxylic acids is 1. The average molecular weight is 298 g/mol. The third-order valence-electron chi connectivity index (χ3n) is 3.85. The van der Waals surface area contributed by atoms with E-state index in [4.69, 9.17) is 0 Å². The molecule has 0 aromatic rings. The minimum atomic E-state index is 0. The summed E-state index contributed by atoms with van der Waals surface area (Å²) in [6, 6.07) is 0.362. The van der Waals surface area contributed by atoms with Crippen LogP contribution in [0.2, 0.25) is 0 Å². The summed E-state index contributed by atoms with van der Waals surface area (Å²) in [4.78, 5) is 16.7. The third-order valence-corrected chi connectivity index (χ3v) is 3.85. The van der Waals surface area contributed by atoms with Crippen molar-refractivity contribution < 1.29 is 4.79 Å².